The fraction of sp³-hybridized carbons (Fsp3) is 0.800. The van der Waals surface area contributed by atoms with E-state index in [2.05, 4.69) is 25.8 Å². The van der Waals surface area contributed by atoms with Crippen molar-refractivity contribution in [2.24, 2.45) is 4.99 Å². The summed E-state index contributed by atoms with van der Waals surface area (Å²) in [6.07, 6.45) is 1.65. The van der Waals surface area contributed by atoms with Gasteiger partial charge in [0.05, 0.1) is 5.60 Å². The lowest BCUT2D eigenvalue weighted by Crippen LogP contribution is -2.45. The van der Waals surface area contributed by atoms with Crippen LogP contribution in [0.25, 0.3) is 0 Å². The third kappa shape index (κ3) is 8.50. The van der Waals surface area contributed by atoms with Gasteiger partial charge in [-0.3, -0.25) is 4.99 Å². The van der Waals surface area contributed by atoms with Crippen LogP contribution < -0.4 is 10.6 Å². The number of aliphatic imine (C=N–C) groups is 1. The topological polar surface area (TPSA) is 84.6 Å². The average Bonchev–Trinajstić information content (AvgIpc) is 2.95. The Bertz CT molecular complexity index is 474. The van der Waals surface area contributed by atoms with Gasteiger partial charge < -0.3 is 19.9 Å². The summed E-state index contributed by atoms with van der Waals surface area (Å²) in [6.45, 7) is 9.61. The maximum Gasteiger partial charge on any atom is 0.226 e. The molecule has 0 saturated heterocycles. The Hall–Kier alpha value is -0.900. The molecule has 0 atom stereocenters. The molecule has 0 bridgehead atoms. The van der Waals surface area contributed by atoms with E-state index in [1.165, 1.54) is 0 Å². The fourth-order valence-electron chi connectivity index (χ4n) is 1.64. The van der Waals surface area contributed by atoms with E-state index in [4.69, 9.17) is 9.26 Å². The van der Waals surface area contributed by atoms with Crippen molar-refractivity contribution in [3.05, 3.63) is 11.7 Å². The third-order valence-electron chi connectivity index (χ3n) is 3.32. The van der Waals surface area contributed by atoms with Crippen molar-refractivity contribution in [3.63, 3.8) is 0 Å². The number of nitrogens with one attached hydrogen (secondary N) is 2. The molecule has 0 aliphatic heterocycles. The number of aryl methyl sites for hydroxylation is 1. The molecule has 8 heteroatoms. The minimum absolute atomic E-state index is 0. The van der Waals surface area contributed by atoms with Gasteiger partial charge in [0.2, 0.25) is 5.89 Å². The first-order valence-electron chi connectivity index (χ1n) is 7.70. The number of ether oxygens (including phenoxy) is 1. The highest BCUT2D eigenvalue weighted by Gasteiger charge is 2.16. The number of halogens is 1. The Labute approximate surface area is 156 Å². The SMILES string of the molecule is CN=C(NCCCc1nc(C(C)C)no1)NCC(C)(C)OC.I. The van der Waals surface area contributed by atoms with Crippen LogP contribution in [0.4, 0.5) is 0 Å². The van der Waals surface area contributed by atoms with Crippen LogP contribution in [-0.4, -0.2) is 48.9 Å². The molecule has 0 aliphatic rings. The summed E-state index contributed by atoms with van der Waals surface area (Å²) in [6, 6.07) is 0. The molecule has 2 N–H and O–H groups in total. The number of aromatic nitrogens is 2. The minimum Gasteiger partial charge on any atom is -0.377 e. The van der Waals surface area contributed by atoms with E-state index in [9.17, 15) is 0 Å². The third-order valence-corrected chi connectivity index (χ3v) is 3.32. The normalized spacial score (nSPS) is 12.2. The van der Waals surface area contributed by atoms with Crippen LogP contribution in [0, 0.1) is 0 Å². The zero-order chi connectivity index (χ0) is 16.6. The van der Waals surface area contributed by atoms with Gasteiger partial charge in [0.15, 0.2) is 11.8 Å². The quantitative estimate of drug-likeness (QED) is 0.280. The Morgan fingerprint density at radius 1 is 1.35 bits per heavy atom. The molecule has 1 heterocycles. The van der Waals surface area contributed by atoms with Gasteiger partial charge in [-0.05, 0) is 20.3 Å². The van der Waals surface area contributed by atoms with E-state index in [-0.39, 0.29) is 29.6 Å². The number of rotatable bonds is 8. The van der Waals surface area contributed by atoms with Gasteiger partial charge >= 0.3 is 0 Å². The van der Waals surface area contributed by atoms with Crippen LogP contribution in [0.3, 0.4) is 0 Å². The van der Waals surface area contributed by atoms with Crippen LogP contribution in [0.1, 0.15) is 51.7 Å². The standard InChI is InChI=1S/C15H29N5O2.HI/c1-11(2)13-19-12(22-20-13)8-7-9-17-14(16-5)18-10-15(3,4)21-6;/h11H,7-10H2,1-6H3,(H2,16,17,18);1H. The van der Waals surface area contributed by atoms with Gasteiger partial charge in [0.1, 0.15) is 0 Å². The van der Waals surface area contributed by atoms with E-state index < -0.39 is 0 Å². The zero-order valence-corrected chi connectivity index (χ0v) is 17.3. The predicted molar refractivity (Wildman–Crippen MR) is 103 cm³/mol. The maximum atomic E-state index is 5.36. The molecule has 0 aliphatic carbocycles. The summed E-state index contributed by atoms with van der Waals surface area (Å²) in [5.74, 6) is 2.51. The summed E-state index contributed by atoms with van der Waals surface area (Å²) in [7, 11) is 3.45. The van der Waals surface area contributed by atoms with Gasteiger partial charge in [-0.2, -0.15) is 4.98 Å². The molecule has 134 valence electrons. The smallest absolute Gasteiger partial charge is 0.226 e. The molecule has 0 saturated carbocycles. The molecular weight excluding hydrogens is 409 g/mol. The maximum absolute atomic E-state index is 5.36. The molecule has 0 radical (unpaired) electrons. The molecule has 1 aromatic rings. The Kier molecular flexibility index (Phi) is 10.4. The second kappa shape index (κ2) is 10.8. The number of nitrogens with zero attached hydrogens (tertiary/aromatic N) is 3. The van der Waals surface area contributed by atoms with Crippen molar-refractivity contribution in [3.8, 4) is 0 Å². The van der Waals surface area contributed by atoms with Crippen molar-refractivity contribution in [2.45, 2.75) is 52.1 Å². The lowest BCUT2D eigenvalue weighted by Gasteiger charge is -2.24. The summed E-state index contributed by atoms with van der Waals surface area (Å²) >= 11 is 0. The van der Waals surface area contributed by atoms with Gasteiger partial charge in [0.25, 0.3) is 0 Å². The first-order chi connectivity index (χ1) is 10.4. The van der Waals surface area contributed by atoms with E-state index in [1.807, 2.05) is 27.7 Å². The van der Waals surface area contributed by atoms with Gasteiger partial charge in [0, 0.05) is 39.6 Å². The first kappa shape index (κ1) is 22.1. The second-order valence-corrected chi connectivity index (χ2v) is 6.12. The molecule has 1 aromatic heterocycles. The molecule has 0 unspecified atom stereocenters. The number of methoxy groups -OCH3 is 1. The van der Waals surface area contributed by atoms with Gasteiger partial charge in [-0.1, -0.05) is 19.0 Å². The minimum atomic E-state index is -0.228. The Balaban J connectivity index is 0.00000484. The molecule has 0 fully saturated rings. The highest BCUT2D eigenvalue weighted by Crippen LogP contribution is 2.10. The summed E-state index contributed by atoms with van der Waals surface area (Å²) in [5.41, 5.74) is -0.228. The fourth-order valence-corrected chi connectivity index (χ4v) is 1.64. The van der Waals surface area contributed by atoms with E-state index in [0.29, 0.717) is 18.4 Å². The summed E-state index contributed by atoms with van der Waals surface area (Å²) in [5, 5.41) is 10.5. The molecule has 1 rings (SSSR count). The molecule has 0 aromatic carbocycles. The number of hydrogen-bond donors (Lipinski definition) is 2. The summed E-state index contributed by atoms with van der Waals surface area (Å²) in [4.78, 5) is 8.54. The average molecular weight is 439 g/mol. The largest absolute Gasteiger partial charge is 0.377 e. The predicted octanol–water partition coefficient (Wildman–Crippen LogP) is 2.33. The molecule has 0 amide bonds. The van der Waals surface area contributed by atoms with E-state index >= 15 is 0 Å². The van der Waals surface area contributed by atoms with Gasteiger partial charge in [-0.25, -0.2) is 0 Å². The van der Waals surface area contributed by atoms with Crippen molar-refractivity contribution in [2.75, 3.05) is 27.2 Å². The van der Waals surface area contributed by atoms with Crippen LogP contribution >= 0.6 is 24.0 Å². The monoisotopic (exact) mass is 439 g/mol. The van der Waals surface area contributed by atoms with E-state index in [0.717, 1.165) is 31.2 Å². The first-order valence-corrected chi connectivity index (χ1v) is 7.70. The lowest BCUT2D eigenvalue weighted by atomic mass is 10.1. The number of hydrogen-bond acceptors (Lipinski definition) is 5. The zero-order valence-electron chi connectivity index (χ0n) is 15.0. The van der Waals surface area contributed by atoms with Crippen molar-refractivity contribution >= 4 is 29.9 Å². The molecular formula is C15H30IN5O2. The van der Waals surface area contributed by atoms with Gasteiger partial charge in [-0.15, -0.1) is 24.0 Å². The van der Waals surface area contributed by atoms with Crippen LogP contribution in [0.5, 0.6) is 0 Å². The summed E-state index contributed by atoms with van der Waals surface area (Å²) < 4.78 is 10.6. The molecule has 7 nitrogen and oxygen atoms in total. The van der Waals surface area contributed by atoms with Crippen molar-refractivity contribution < 1.29 is 9.26 Å². The van der Waals surface area contributed by atoms with E-state index in [1.54, 1.807) is 14.2 Å². The molecule has 23 heavy (non-hydrogen) atoms. The van der Waals surface area contributed by atoms with Crippen molar-refractivity contribution in [1.29, 1.82) is 0 Å². The van der Waals surface area contributed by atoms with Crippen molar-refractivity contribution in [1.82, 2.24) is 20.8 Å². The Morgan fingerprint density at radius 3 is 2.57 bits per heavy atom. The second-order valence-electron chi connectivity index (χ2n) is 6.12. The van der Waals surface area contributed by atoms with Crippen LogP contribution in [0.2, 0.25) is 0 Å². The van der Waals surface area contributed by atoms with Crippen LogP contribution in [0.15, 0.2) is 9.52 Å². The highest BCUT2D eigenvalue weighted by atomic mass is 127. The lowest BCUT2D eigenvalue weighted by molar-refractivity contribution is 0.0268. The number of guanidine groups is 1. The Morgan fingerprint density at radius 2 is 2.04 bits per heavy atom. The van der Waals surface area contributed by atoms with Crippen LogP contribution in [-0.2, 0) is 11.2 Å². The highest BCUT2D eigenvalue weighted by molar-refractivity contribution is 14.0. The molecule has 0 spiro atoms.